The number of halogens is 1. The number of alkyl carbamates (subject to hydrolysis) is 1. The summed E-state index contributed by atoms with van der Waals surface area (Å²) in [5.74, 6) is 0. The minimum absolute atomic E-state index is 0.0208. The van der Waals surface area contributed by atoms with Crippen LogP contribution in [0.15, 0.2) is 35.5 Å². The molecular formula is C14H17ClN2O4. The second-order valence-electron chi connectivity index (χ2n) is 4.65. The zero-order valence-corrected chi connectivity index (χ0v) is 12.1. The van der Waals surface area contributed by atoms with Crippen LogP contribution >= 0.6 is 11.6 Å². The molecule has 1 aliphatic rings. The van der Waals surface area contributed by atoms with E-state index in [9.17, 15) is 4.79 Å². The molecule has 1 aromatic rings. The Morgan fingerprint density at radius 1 is 1.38 bits per heavy atom. The summed E-state index contributed by atoms with van der Waals surface area (Å²) in [6.45, 7) is 1.23. The van der Waals surface area contributed by atoms with Crippen molar-refractivity contribution in [3.05, 3.63) is 35.9 Å². The molecule has 0 radical (unpaired) electrons. The smallest absolute Gasteiger partial charge is 0.408 e. The molecule has 0 aromatic heterocycles. The van der Waals surface area contributed by atoms with Crippen LogP contribution in [0.25, 0.3) is 0 Å². The van der Waals surface area contributed by atoms with Crippen molar-refractivity contribution in [1.82, 2.24) is 5.32 Å². The molecule has 2 N–H and O–H groups in total. The fourth-order valence-electron chi connectivity index (χ4n) is 2.08. The molecule has 1 aromatic carbocycles. The lowest BCUT2D eigenvalue weighted by Crippen LogP contribution is -2.40. The minimum Gasteiger partial charge on any atom is -0.434 e. The summed E-state index contributed by atoms with van der Waals surface area (Å²) in [6, 6.07) is 8.88. The van der Waals surface area contributed by atoms with Gasteiger partial charge in [0, 0.05) is 19.3 Å². The largest absolute Gasteiger partial charge is 0.434 e. The Labute approximate surface area is 127 Å². The first kappa shape index (κ1) is 15.6. The standard InChI is InChI=1S/C14H17ClN2O4/c15-13(17-19)12(10-4-2-1-3-5-10)21-14(18)16-11-6-8-20-9-7-11/h1-5,11-12,19H,6-9H2,(H,16,18). The summed E-state index contributed by atoms with van der Waals surface area (Å²) in [5, 5.41) is 14.3. The maximum atomic E-state index is 11.9. The molecular weight excluding hydrogens is 296 g/mol. The van der Waals surface area contributed by atoms with E-state index in [1.165, 1.54) is 0 Å². The summed E-state index contributed by atoms with van der Waals surface area (Å²) in [6.07, 6.45) is -0.0462. The molecule has 0 spiro atoms. The number of oxime groups is 1. The second kappa shape index (κ2) is 7.85. The molecule has 21 heavy (non-hydrogen) atoms. The number of nitrogens with zero attached hydrogens (tertiary/aromatic N) is 1. The molecule has 114 valence electrons. The average Bonchev–Trinajstić information content (AvgIpc) is 2.53. The molecule has 0 aliphatic carbocycles. The molecule has 1 heterocycles. The third-order valence-corrected chi connectivity index (χ3v) is 3.46. The van der Waals surface area contributed by atoms with Crippen LogP contribution in [0.3, 0.4) is 0 Å². The Hall–Kier alpha value is -1.79. The fraction of sp³-hybridized carbons (Fsp3) is 0.429. The molecule has 1 fully saturated rings. The van der Waals surface area contributed by atoms with Crippen LogP contribution in [0.4, 0.5) is 4.79 Å². The highest BCUT2D eigenvalue weighted by atomic mass is 35.5. The van der Waals surface area contributed by atoms with Crippen LogP contribution in [0, 0.1) is 0 Å². The van der Waals surface area contributed by atoms with Crippen LogP contribution < -0.4 is 5.32 Å². The van der Waals surface area contributed by atoms with E-state index in [4.69, 9.17) is 26.3 Å². The number of nitrogens with one attached hydrogen (secondary N) is 1. The molecule has 0 saturated carbocycles. The van der Waals surface area contributed by atoms with Crippen LogP contribution in [0.5, 0.6) is 0 Å². The number of ether oxygens (including phenoxy) is 2. The van der Waals surface area contributed by atoms with E-state index < -0.39 is 12.2 Å². The predicted octanol–water partition coefficient (Wildman–Crippen LogP) is 2.66. The van der Waals surface area contributed by atoms with Crippen molar-refractivity contribution in [1.29, 1.82) is 0 Å². The number of hydrogen-bond donors (Lipinski definition) is 2. The molecule has 1 saturated heterocycles. The van der Waals surface area contributed by atoms with E-state index in [0.717, 1.165) is 12.8 Å². The lowest BCUT2D eigenvalue weighted by molar-refractivity contribution is 0.0707. The van der Waals surface area contributed by atoms with E-state index in [0.29, 0.717) is 18.8 Å². The third-order valence-electron chi connectivity index (χ3n) is 3.18. The minimum atomic E-state index is -0.933. The SMILES string of the molecule is O=C(NC1CCOCC1)OC(C(Cl)=NO)c1ccccc1. The van der Waals surface area contributed by atoms with Gasteiger partial charge in [0.2, 0.25) is 0 Å². The van der Waals surface area contributed by atoms with Crippen molar-refractivity contribution in [3.63, 3.8) is 0 Å². The molecule has 1 amide bonds. The molecule has 6 nitrogen and oxygen atoms in total. The number of amides is 1. The first-order valence-electron chi connectivity index (χ1n) is 6.68. The number of carbonyl (C=O) groups excluding carboxylic acids is 1. The first-order chi connectivity index (χ1) is 10.2. The molecule has 7 heteroatoms. The van der Waals surface area contributed by atoms with Gasteiger partial charge in [0.1, 0.15) is 0 Å². The van der Waals surface area contributed by atoms with Gasteiger partial charge in [-0.15, -0.1) is 0 Å². The molecule has 1 unspecified atom stereocenters. The number of rotatable bonds is 4. The van der Waals surface area contributed by atoms with Gasteiger partial charge in [-0.3, -0.25) is 0 Å². The highest BCUT2D eigenvalue weighted by Crippen LogP contribution is 2.21. The van der Waals surface area contributed by atoms with E-state index in [-0.39, 0.29) is 11.2 Å². The maximum absolute atomic E-state index is 11.9. The van der Waals surface area contributed by atoms with Gasteiger partial charge in [-0.1, -0.05) is 47.1 Å². The number of benzene rings is 1. The van der Waals surface area contributed by atoms with Crippen LogP contribution in [-0.4, -0.2) is 35.7 Å². The summed E-state index contributed by atoms with van der Waals surface area (Å²) in [5.41, 5.74) is 0.627. The second-order valence-corrected chi connectivity index (χ2v) is 5.04. The van der Waals surface area contributed by atoms with Crippen molar-refractivity contribution in [2.75, 3.05) is 13.2 Å². The Kier molecular flexibility index (Phi) is 5.83. The van der Waals surface area contributed by atoms with Crippen molar-refractivity contribution < 1.29 is 19.5 Å². The highest BCUT2D eigenvalue weighted by Gasteiger charge is 2.24. The fourth-order valence-corrected chi connectivity index (χ4v) is 2.25. The summed E-state index contributed by atoms with van der Waals surface area (Å²) < 4.78 is 10.5. The zero-order chi connectivity index (χ0) is 15.1. The van der Waals surface area contributed by atoms with Gasteiger partial charge in [0.15, 0.2) is 11.3 Å². The monoisotopic (exact) mass is 312 g/mol. The number of carbonyl (C=O) groups is 1. The maximum Gasteiger partial charge on any atom is 0.408 e. The Morgan fingerprint density at radius 2 is 2.05 bits per heavy atom. The Balaban J connectivity index is 2.00. The van der Waals surface area contributed by atoms with Gasteiger partial charge < -0.3 is 20.0 Å². The Morgan fingerprint density at radius 3 is 2.67 bits per heavy atom. The van der Waals surface area contributed by atoms with Crippen molar-refractivity contribution in [3.8, 4) is 0 Å². The van der Waals surface area contributed by atoms with Crippen molar-refractivity contribution in [2.24, 2.45) is 5.16 Å². The van der Waals surface area contributed by atoms with Crippen LogP contribution in [-0.2, 0) is 9.47 Å². The average molecular weight is 313 g/mol. The summed E-state index contributed by atoms with van der Waals surface area (Å²) >= 11 is 5.83. The molecule has 0 bridgehead atoms. The first-order valence-corrected chi connectivity index (χ1v) is 7.06. The van der Waals surface area contributed by atoms with Gasteiger partial charge in [-0.05, 0) is 18.4 Å². The quantitative estimate of drug-likeness (QED) is 0.509. The highest BCUT2D eigenvalue weighted by molar-refractivity contribution is 6.66. The zero-order valence-electron chi connectivity index (χ0n) is 11.4. The molecule has 2 rings (SSSR count). The van der Waals surface area contributed by atoms with Gasteiger partial charge in [-0.25, -0.2) is 4.79 Å². The lowest BCUT2D eigenvalue weighted by atomic mass is 10.1. The normalized spacial score (nSPS) is 18.0. The van der Waals surface area contributed by atoms with Gasteiger partial charge in [0.25, 0.3) is 0 Å². The van der Waals surface area contributed by atoms with E-state index >= 15 is 0 Å². The topological polar surface area (TPSA) is 80.2 Å². The molecule has 1 atom stereocenters. The number of hydrogen-bond acceptors (Lipinski definition) is 5. The third kappa shape index (κ3) is 4.61. The van der Waals surface area contributed by atoms with E-state index in [2.05, 4.69) is 10.5 Å². The van der Waals surface area contributed by atoms with Crippen LogP contribution in [0.1, 0.15) is 24.5 Å². The van der Waals surface area contributed by atoms with Gasteiger partial charge in [-0.2, -0.15) is 0 Å². The van der Waals surface area contributed by atoms with Crippen LogP contribution in [0.2, 0.25) is 0 Å². The van der Waals surface area contributed by atoms with Crippen molar-refractivity contribution in [2.45, 2.75) is 25.0 Å². The summed E-state index contributed by atoms with van der Waals surface area (Å²) in [7, 11) is 0. The summed E-state index contributed by atoms with van der Waals surface area (Å²) in [4.78, 5) is 11.9. The van der Waals surface area contributed by atoms with Gasteiger partial charge >= 0.3 is 6.09 Å². The van der Waals surface area contributed by atoms with E-state index in [1.54, 1.807) is 24.3 Å². The predicted molar refractivity (Wildman–Crippen MR) is 77.7 cm³/mol. The Bertz CT molecular complexity index is 489. The van der Waals surface area contributed by atoms with Crippen molar-refractivity contribution >= 4 is 22.9 Å². The molecule has 1 aliphatic heterocycles. The van der Waals surface area contributed by atoms with E-state index in [1.807, 2.05) is 6.07 Å². The van der Waals surface area contributed by atoms with Gasteiger partial charge in [0.05, 0.1) is 0 Å². The lowest BCUT2D eigenvalue weighted by Gasteiger charge is -2.24.